The summed E-state index contributed by atoms with van der Waals surface area (Å²) >= 11 is 0. The van der Waals surface area contributed by atoms with E-state index in [-0.39, 0.29) is 12.4 Å². The fourth-order valence-corrected chi connectivity index (χ4v) is 1.17. The molecule has 0 aliphatic heterocycles. The highest BCUT2D eigenvalue weighted by Crippen LogP contribution is 2.13. The summed E-state index contributed by atoms with van der Waals surface area (Å²) in [4.78, 5) is 11.3. The van der Waals surface area contributed by atoms with Crippen molar-refractivity contribution in [3.8, 4) is 0 Å². The summed E-state index contributed by atoms with van der Waals surface area (Å²) in [5.74, 6) is 0.470. The van der Waals surface area contributed by atoms with Crippen molar-refractivity contribution in [3.05, 3.63) is 17.0 Å². The highest BCUT2D eigenvalue weighted by molar-refractivity contribution is 5.73. The molecule has 1 heterocycles. The number of esters is 1. The lowest BCUT2D eigenvalue weighted by atomic mass is 10.1. The number of ether oxygens (including phenoxy) is 1. The summed E-state index contributed by atoms with van der Waals surface area (Å²) in [6.45, 7) is 6.05. The number of aromatic nitrogens is 1. The van der Waals surface area contributed by atoms with Crippen molar-refractivity contribution in [2.75, 3.05) is 6.61 Å². The molecule has 0 saturated carbocycles. The Morgan fingerprint density at radius 1 is 1.50 bits per heavy atom. The average Bonchev–Trinajstić information content (AvgIpc) is 2.46. The van der Waals surface area contributed by atoms with Crippen molar-refractivity contribution in [1.29, 1.82) is 0 Å². The van der Waals surface area contributed by atoms with Crippen LogP contribution in [0.1, 0.15) is 30.4 Å². The molecule has 0 atom stereocenters. The zero-order valence-electron chi connectivity index (χ0n) is 8.79. The van der Waals surface area contributed by atoms with E-state index in [9.17, 15) is 4.79 Å². The Kier molecular flexibility index (Phi) is 3.68. The molecule has 0 saturated heterocycles. The molecule has 0 aliphatic rings. The normalized spacial score (nSPS) is 10.2. The quantitative estimate of drug-likeness (QED) is 0.690. The van der Waals surface area contributed by atoms with Gasteiger partial charge in [0.05, 0.1) is 18.7 Å². The molecule has 1 aromatic heterocycles. The van der Waals surface area contributed by atoms with Crippen LogP contribution in [-0.4, -0.2) is 17.7 Å². The first-order chi connectivity index (χ1) is 6.65. The molecular formula is C10H15NO3. The lowest BCUT2D eigenvalue weighted by molar-refractivity contribution is -0.142. The Labute approximate surface area is 83.2 Å². The van der Waals surface area contributed by atoms with Crippen LogP contribution in [0.5, 0.6) is 0 Å². The molecule has 0 unspecified atom stereocenters. The third-order valence-corrected chi connectivity index (χ3v) is 1.97. The van der Waals surface area contributed by atoms with Gasteiger partial charge in [0.2, 0.25) is 0 Å². The molecule has 0 radical (unpaired) electrons. The summed E-state index contributed by atoms with van der Waals surface area (Å²) in [6, 6.07) is 0. The van der Waals surface area contributed by atoms with E-state index in [2.05, 4.69) is 5.16 Å². The average molecular weight is 197 g/mol. The van der Waals surface area contributed by atoms with Gasteiger partial charge in [0.15, 0.2) is 0 Å². The predicted octanol–water partition coefficient (Wildman–Crippen LogP) is 1.79. The molecule has 14 heavy (non-hydrogen) atoms. The van der Waals surface area contributed by atoms with Gasteiger partial charge in [-0.15, -0.1) is 0 Å². The fraction of sp³-hybridized carbons (Fsp3) is 0.600. The molecule has 0 N–H and O–H groups in total. The minimum atomic E-state index is -0.221. The van der Waals surface area contributed by atoms with Crippen molar-refractivity contribution < 1.29 is 14.1 Å². The smallest absolute Gasteiger partial charge is 0.310 e. The van der Waals surface area contributed by atoms with Crippen LogP contribution in [-0.2, 0) is 16.0 Å². The van der Waals surface area contributed by atoms with Gasteiger partial charge in [-0.1, -0.05) is 12.1 Å². The van der Waals surface area contributed by atoms with Gasteiger partial charge >= 0.3 is 5.97 Å². The summed E-state index contributed by atoms with van der Waals surface area (Å²) in [5, 5.41) is 3.77. The highest BCUT2D eigenvalue weighted by atomic mass is 16.5. The maximum atomic E-state index is 11.3. The number of aryl methyl sites for hydroxylation is 2. The van der Waals surface area contributed by atoms with Crippen LogP contribution in [0.2, 0.25) is 0 Å². The van der Waals surface area contributed by atoms with Gasteiger partial charge in [-0.2, -0.15) is 0 Å². The standard InChI is InChI=1S/C10H15NO3/c1-4-5-13-10(12)6-9-7(2)11-14-8(9)3/h4-6H2,1-3H3. The molecule has 0 amide bonds. The molecule has 0 spiro atoms. The van der Waals surface area contributed by atoms with Crippen LogP contribution in [0.4, 0.5) is 0 Å². The molecule has 1 aromatic rings. The Morgan fingerprint density at radius 3 is 2.71 bits per heavy atom. The van der Waals surface area contributed by atoms with Crippen LogP contribution in [0, 0.1) is 13.8 Å². The van der Waals surface area contributed by atoms with Gasteiger partial charge in [-0.05, 0) is 20.3 Å². The van der Waals surface area contributed by atoms with Gasteiger partial charge in [-0.3, -0.25) is 4.79 Å². The summed E-state index contributed by atoms with van der Waals surface area (Å²) in [5.41, 5.74) is 1.60. The number of nitrogens with zero attached hydrogens (tertiary/aromatic N) is 1. The number of hydrogen-bond donors (Lipinski definition) is 0. The number of hydrogen-bond acceptors (Lipinski definition) is 4. The summed E-state index contributed by atoms with van der Waals surface area (Å²) in [6.07, 6.45) is 1.09. The molecule has 4 nitrogen and oxygen atoms in total. The molecule has 0 aromatic carbocycles. The van der Waals surface area contributed by atoms with Gasteiger partial charge in [0.1, 0.15) is 5.76 Å². The van der Waals surface area contributed by atoms with Gasteiger partial charge in [0.25, 0.3) is 0 Å². The van der Waals surface area contributed by atoms with Crippen LogP contribution >= 0.6 is 0 Å². The van der Waals surface area contributed by atoms with E-state index in [1.165, 1.54) is 0 Å². The first kappa shape index (κ1) is 10.8. The Hall–Kier alpha value is -1.32. The maximum absolute atomic E-state index is 11.3. The first-order valence-electron chi connectivity index (χ1n) is 4.72. The monoisotopic (exact) mass is 197 g/mol. The number of carbonyl (C=O) groups excluding carboxylic acids is 1. The molecule has 0 aliphatic carbocycles. The Morgan fingerprint density at radius 2 is 2.21 bits per heavy atom. The SMILES string of the molecule is CCCOC(=O)Cc1c(C)noc1C. The van der Waals surface area contributed by atoms with Gasteiger partial charge in [0, 0.05) is 5.56 Å². The van der Waals surface area contributed by atoms with Crippen LogP contribution < -0.4 is 0 Å². The lowest BCUT2D eigenvalue weighted by Crippen LogP contribution is -2.09. The second-order valence-corrected chi connectivity index (χ2v) is 3.20. The van der Waals surface area contributed by atoms with Crippen LogP contribution in [0.3, 0.4) is 0 Å². The Balaban J connectivity index is 2.55. The minimum absolute atomic E-state index is 0.221. The van der Waals surface area contributed by atoms with Crippen molar-refractivity contribution in [2.45, 2.75) is 33.6 Å². The molecule has 1 rings (SSSR count). The largest absolute Gasteiger partial charge is 0.465 e. The molecular weight excluding hydrogens is 182 g/mol. The van der Waals surface area contributed by atoms with E-state index < -0.39 is 0 Å². The zero-order chi connectivity index (χ0) is 10.6. The van der Waals surface area contributed by atoms with E-state index in [0.717, 1.165) is 17.7 Å². The van der Waals surface area contributed by atoms with Crippen molar-refractivity contribution in [1.82, 2.24) is 5.16 Å². The third kappa shape index (κ3) is 2.58. The molecule has 4 heteroatoms. The molecule has 0 fully saturated rings. The second-order valence-electron chi connectivity index (χ2n) is 3.20. The van der Waals surface area contributed by atoms with E-state index >= 15 is 0 Å². The maximum Gasteiger partial charge on any atom is 0.310 e. The summed E-state index contributed by atoms with van der Waals surface area (Å²) in [7, 11) is 0. The topological polar surface area (TPSA) is 52.3 Å². The highest BCUT2D eigenvalue weighted by Gasteiger charge is 2.13. The van der Waals surface area contributed by atoms with E-state index in [1.54, 1.807) is 6.92 Å². The first-order valence-corrected chi connectivity index (χ1v) is 4.72. The molecule has 0 bridgehead atoms. The van der Waals surface area contributed by atoms with Gasteiger partial charge < -0.3 is 9.26 Å². The summed E-state index contributed by atoms with van der Waals surface area (Å²) < 4.78 is 9.91. The fourth-order valence-electron chi connectivity index (χ4n) is 1.17. The van der Waals surface area contributed by atoms with E-state index in [4.69, 9.17) is 9.26 Å². The predicted molar refractivity (Wildman–Crippen MR) is 50.9 cm³/mol. The Bertz CT molecular complexity index is 298. The second kappa shape index (κ2) is 4.79. The van der Waals surface area contributed by atoms with Crippen molar-refractivity contribution >= 4 is 5.97 Å². The van der Waals surface area contributed by atoms with Crippen LogP contribution in [0.15, 0.2) is 4.52 Å². The zero-order valence-corrected chi connectivity index (χ0v) is 8.79. The number of carbonyl (C=O) groups is 1. The van der Waals surface area contributed by atoms with Crippen LogP contribution in [0.25, 0.3) is 0 Å². The third-order valence-electron chi connectivity index (χ3n) is 1.97. The molecule has 78 valence electrons. The van der Waals surface area contributed by atoms with E-state index in [1.807, 2.05) is 13.8 Å². The number of rotatable bonds is 4. The van der Waals surface area contributed by atoms with Crippen molar-refractivity contribution in [2.24, 2.45) is 0 Å². The minimum Gasteiger partial charge on any atom is -0.465 e. The van der Waals surface area contributed by atoms with E-state index in [0.29, 0.717) is 12.4 Å². The van der Waals surface area contributed by atoms with Crippen molar-refractivity contribution in [3.63, 3.8) is 0 Å². The lowest BCUT2D eigenvalue weighted by Gasteiger charge is -2.01. The van der Waals surface area contributed by atoms with Gasteiger partial charge in [-0.25, -0.2) is 0 Å².